The summed E-state index contributed by atoms with van der Waals surface area (Å²) in [5.74, 6) is 0.131. The van der Waals surface area contributed by atoms with Crippen molar-refractivity contribution >= 4 is 27.0 Å². The molecule has 0 aromatic heterocycles. The molecule has 0 N–H and O–H groups in total. The number of carbonyl (C=O) groups is 1. The van der Waals surface area contributed by atoms with Gasteiger partial charge in [-0.15, -0.1) is 0 Å². The van der Waals surface area contributed by atoms with Gasteiger partial charge in [0.2, 0.25) is 0 Å². The van der Waals surface area contributed by atoms with Crippen LogP contribution in [0, 0.1) is 19.3 Å². The van der Waals surface area contributed by atoms with Gasteiger partial charge in [-0.2, -0.15) is 8.42 Å². The Morgan fingerprint density at radius 2 is 1.43 bits per heavy atom. The topological polar surface area (TPSA) is 86.7 Å². The molecule has 1 unspecified atom stereocenters. The normalized spacial score (nSPS) is 17.6. The fourth-order valence-corrected chi connectivity index (χ4v) is 5.12. The van der Waals surface area contributed by atoms with Crippen molar-refractivity contribution in [2.75, 3.05) is 13.2 Å². The van der Waals surface area contributed by atoms with Gasteiger partial charge in [0.05, 0.1) is 23.0 Å². The van der Waals surface area contributed by atoms with Gasteiger partial charge in [-0.1, -0.05) is 35.4 Å². The summed E-state index contributed by atoms with van der Waals surface area (Å²) in [5, 5.41) is 0. The molecule has 3 rings (SSSR count). The molecule has 1 aliphatic carbocycles. The standard InChI is InChI=1S/C22H26O6S2/c1-17-3-7-20(8-4-17)29(24)27-15-22(13-11-19(23)12-14-22)16-28-30(25,26)21-9-5-18(2)6-10-21/h3-10H,11-16H2,1-2H3. The van der Waals surface area contributed by atoms with Crippen molar-refractivity contribution in [1.29, 1.82) is 0 Å². The van der Waals surface area contributed by atoms with Crippen LogP contribution >= 0.6 is 0 Å². The predicted molar refractivity (Wildman–Crippen MR) is 114 cm³/mol. The largest absolute Gasteiger partial charge is 0.300 e. The first kappa shape index (κ1) is 22.8. The third kappa shape index (κ3) is 5.85. The monoisotopic (exact) mass is 450 g/mol. The van der Waals surface area contributed by atoms with E-state index in [1.54, 1.807) is 24.3 Å². The van der Waals surface area contributed by atoms with Gasteiger partial charge in [-0.3, -0.25) is 13.2 Å². The Balaban J connectivity index is 1.70. The van der Waals surface area contributed by atoms with Gasteiger partial charge in [0.15, 0.2) is 11.1 Å². The molecule has 162 valence electrons. The van der Waals surface area contributed by atoms with Crippen molar-refractivity contribution in [3.63, 3.8) is 0 Å². The quantitative estimate of drug-likeness (QED) is 0.568. The molecule has 2 aromatic carbocycles. The number of aryl methyl sites for hydroxylation is 2. The highest BCUT2D eigenvalue weighted by Gasteiger charge is 2.38. The van der Waals surface area contributed by atoms with Gasteiger partial charge in [0.25, 0.3) is 10.1 Å². The first-order chi connectivity index (χ1) is 14.2. The first-order valence-electron chi connectivity index (χ1n) is 9.79. The zero-order chi connectivity index (χ0) is 21.8. The van der Waals surface area contributed by atoms with Crippen LogP contribution in [0.1, 0.15) is 36.8 Å². The highest BCUT2D eigenvalue weighted by Crippen LogP contribution is 2.37. The number of benzene rings is 2. The van der Waals surface area contributed by atoms with Crippen LogP contribution in [-0.2, 0) is 34.4 Å². The minimum atomic E-state index is -3.94. The molecule has 30 heavy (non-hydrogen) atoms. The summed E-state index contributed by atoms with van der Waals surface area (Å²) in [4.78, 5) is 12.4. The van der Waals surface area contributed by atoms with Crippen molar-refractivity contribution in [3.8, 4) is 0 Å². The second kappa shape index (κ2) is 9.51. The van der Waals surface area contributed by atoms with E-state index in [0.29, 0.717) is 30.6 Å². The van der Waals surface area contributed by atoms with E-state index in [1.165, 1.54) is 12.1 Å². The van der Waals surface area contributed by atoms with Gasteiger partial charge in [-0.25, -0.2) is 4.21 Å². The van der Waals surface area contributed by atoms with Crippen molar-refractivity contribution < 1.29 is 25.8 Å². The molecule has 6 nitrogen and oxygen atoms in total. The van der Waals surface area contributed by atoms with Crippen LogP contribution in [0.2, 0.25) is 0 Å². The van der Waals surface area contributed by atoms with E-state index in [-0.39, 0.29) is 23.9 Å². The number of hydrogen-bond acceptors (Lipinski definition) is 6. The summed E-state index contributed by atoms with van der Waals surface area (Å²) < 4.78 is 48.7. The van der Waals surface area contributed by atoms with Crippen LogP contribution in [0.15, 0.2) is 58.3 Å². The van der Waals surface area contributed by atoms with E-state index in [2.05, 4.69) is 0 Å². The second-order valence-corrected chi connectivity index (χ2v) is 10.7. The highest BCUT2D eigenvalue weighted by atomic mass is 32.2. The third-order valence-corrected chi connectivity index (χ3v) is 7.65. The lowest BCUT2D eigenvalue weighted by Gasteiger charge is -2.35. The molecule has 1 aliphatic rings. The number of Topliss-reactive ketones (excluding diaryl/α,β-unsaturated/α-hetero) is 1. The van der Waals surface area contributed by atoms with E-state index in [0.717, 1.165) is 11.1 Å². The van der Waals surface area contributed by atoms with Crippen LogP contribution in [0.5, 0.6) is 0 Å². The molecule has 0 aliphatic heterocycles. The molecule has 0 bridgehead atoms. The molecule has 0 heterocycles. The van der Waals surface area contributed by atoms with Crippen molar-refractivity contribution in [3.05, 3.63) is 59.7 Å². The average Bonchev–Trinajstić information content (AvgIpc) is 2.73. The summed E-state index contributed by atoms with van der Waals surface area (Å²) in [7, 11) is -3.94. The molecule has 0 radical (unpaired) electrons. The summed E-state index contributed by atoms with van der Waals surface area (Å²) in [6, 6.07) is 13.6. The van der Waals surface area contributed by atoms with Gasteiger partial charge >= 0.3 is 0 Å². The molecule has 1 fully saturated rings. The second-order valence-electron chi connectivity index (χ2n) is 7.88. The average molecular weight is 451 g/mol. The van der Waals surface area contributed by atoms with Gasteiger partial charge in [0, 0.05) is 18.3 Å². The molecular weight excluding hydrogens is 424 g/mol. The van der Waals surface area contributed by atoms with Crippen LogP contribution in [0.4, 0.5) is 0 Å². The number of rotatable bonds is 8. The maximum Gasteiger partial charge on any atom is 0.296 e. The van der Waals surface area contributed by atoms with Gasteiger partial charge < -0.3 is 0 Å². The lowest BCUT2D eigenvalue weighted by atomic mass is 9.75. The molecule has 0 spiro atoms. The highest BCUT2D eigenvalue weighted by molar-refractivity contribution is 7.86. The number of ketones is 1. The fourth-order valence-electron chi connectivity index (χ4n) is 3.26. The molecule has 8 heteroatoms. The lowest BCUT2D eigenvalue weighted by molar-refractivity contribution is -0.123. The van der Waals surface area contributed by atoms with E-state index >= 15 is 0 Å². The van der Waals surface area contributed by atoms with Crippen LogP contribution < -0.4 is 0 Å². The Morgan fingerprint density at radius 3 is 2.00 bits per heavy atom. The minimum Gasteiger partial charge on any atom is -0.300 e. The minimum absolute atomic E-state index is 0.0458. The van der Waals surface area contributed by atoms with E-state index in [9.17, 15) is 17.4 Å². The summed E-state index contributed by atoms with van der Waals surface area (Å²) in [6.45, 7) is 3.73. The van der Waals surface area contributed by atoms with Crippen LogP contribution in [0.25, 0.3) is 0 Å². The molecule has 2 aromatic rings. The molecule has 1 atom stereocenters. The summed E-state index contributed by atoms with van der Waals surface area (Å²) in [5.41, 5.74) is 1.31. The molecule has 1 saturated carbocycles. The van der Waals surface area contributed by atoms with E-state index in [4.69, 9.17) is 8.37 Å². The first-order valence-corrected chi connectivity index (χ1v) is 12.3. The Morgan fingerprint density at radius 1 is 0.900 bits per heavy atom. The van der Waals surface area contributed by atoms with Gasteiger partial charge in [-0.05, 0) is 51.0 Å². The maximum absolute atomic E-state index is 12.6. The van der Waals surface area contributed by atoms with Crippen LogP contribution in [-0.4, -0.2) is 31.6 Å². The van der Waals surface area contributed by atoms with Crippen molar-refractivity contribution in [1.82, 2.24) is 0 Å². The molecule has 0 saturated heterocycles. The third-order valence-electron chi connectivity index (χ3n) is 5.38. The number of hydrogen-bond donors (Lipinski definition) is 0. The maximum atomic E-state index is 12.6. The molecule has 0 amide bonds. The van der Waals surface area contributed by atoms with Crippen molar-refractivity contribution in [2.24, 2.45) is 5.41 Å². The Kier molecular flexibility index (Phi) is 7.23. The predicted octanol–water partition coefficient (Wildman–Crippen LogP) is 3.88. The van der Waals surface area contributed by atoms with E-state index < -0.39 is 26.6 Å². The van der Waals surface area contributed by atoms with Crippen molar-refractivity contribution in [2.45, 2.75) is 49.3 Å². The zero-order valence-corrected chi connectivity index (χ0v) is 18.8. The smallest absolute Gasteiger partial charge is 0.296 e. The molecular formula is C22H26O6S2. The summed E-state index contributed by atoms with van der Waals surface area (Å²) in [6.07, 6.45) is 1.52. The lowest BCUT2D eigenvalue weighted by Crippen LogP contribution is -2.37. The summed E-state index contributed by atoms with van der Waals surface area (Å²) >= 11 is -1.68. The Hall–Kier alpha value is -1.87. The fraction of sp³-hybridized carbons (Fsp3) is 0.409. The van der Waals surface area contributed by atoms with Crippen LogP contribution in [0.3, 0.4) is 0 Å². The number of carbonyl (C=O) groups excluding carboxylic acids is 1. The Labute approximate surface area is 180 Å². The Bertz CT molecular complexity index is 1000. The van der Waals surface area contributed by atoms with Gasteiger partial charge in [0.1, 0.15) is 5.78 Å². The van der Waals surface area contributed by atoms with E-state index in [1.807, 2.05) is 26.0 Å². The zero-order valence-electron chi connectivity index (χ0n) is 17.1. The SMILES string of the molecule is Cc1ccc(S(=O)OCC2(COS(=O)(=O)c3ccc(C)cc3)CCC(=O)CC2)cc1.